The Hall–Kier alpha value is -0.135. The molecule has 1 saturated heterocycles. The van der Waals surface area contributed by atoms with Crippen LogP contribution in [0.15, 0.2) is 0 Å². The minimum Gasteiger partial charge on any atom is -0.427 e. The van der Waals surface area contributed by atoms with E-state index in [0.29, 0.717) is 12.4 Å². The predicted octanol–water partition coefficient (Wildman–Crippen LogP) is 0.687. The average Bonchev–Trinajstić information content (AvgIpc) is 2.90. The molecule has 0 spiro atoms. The van der Waals surface area contributed by atoms with Gasteiger partial charge in [0.1, 0.15) is 0 Å². The maximum Gasteiger partial charge on any atom is 0.451 e. The highest BCUT2D eigenvalue weighted by atomic mass is 16.4. The number of hydrogen-bond donors (Lipinski definition) is 4. The van der Waals surface area contributed by atoms with Crippen LogP contribution in [0.5, 0.6) is 0 Å². The summed E-state index contributed by atoms with van der Waals surface area (Å²) in [5.74, 6) is 0. The molecule has 5 nitrogen and oxygen atoms in total. The Kier molecular flexibility index (Phi) is 17.7. The molecule has 0 aromatic carbocycles. The van der Waals surface area contributed by atoms with E-state index in [9.17, 15) is 0 Å². The maximum absolute atomic E-state index is 8.24. The summed E-state index contributed by atoms with van der Waals surface area (Å²) in [6.45, 7) is 7.90. The van der Waals surface area contributed by atoms with E-state index in [-0.39, 0.29) is 0 Å². The highest BCUT2D eigenvalue weighted by Gasteiger charge is 2.10. The van der Waals surface area contributed by atoms with Crippen molar-refractivity contribution in [2.24, 2.45) is 5.73 Å². The van der Waals surface area contributed by atoms with E-state index in [1.165, 1.54) is 32.5 Å². The van der Waals surface area contributed by atoms with Gasteiger partial charge >= 0.3 is 7.12 Å². The van der Waals surface area contributed by atoms with Gasteiger partial charge in [0.2, 0.25) is 0 Å². The summed E-state index contributed by atoms with van der Waals surface area (Å²) in [4.78, 5) is 2.50. The Morgan fingerprint density at radius 1 is 1.21 bits per heavy atom. The van der Waals surface area contributed by atoms with Gasteiger partial charge in [0.05, 0.1) is 0 Å². The molecule has 0 unspecified atom stereocenters. The molecule has 1 rings (SSSR count). The summed E-state index contributed by atoms with van der Waals surface area (Å²) in [7, 11) is -0.0973. The van der Waals surface area contributed by atoms with Crippen LogP contribution in [0.3, 0.4) is 0 Å². The maximum atomic E-state index is 8.24. The number of nitrogens with two attached hydrogens (primary N) is 1. The van der Waals surface area contributed by atoms with Gasteiger partial charge in [-0.25, -0.2) is 0 Å². The summed E-state index contributed by atoms with van der Waals surface area (Å²) in [5.41, 5.74) is 5.64. The lowest BCUT2D eigenvalue weighted by molar-refractivity contribution is 0.324. The molecule has 0 aromatic heterocycles. The van der Waals surface area contributed by atoms with Gasteiger partial charge in [-0.15, -0.1) is 0 Å². The van der Waals surface area contributed by atoms with Crippen LogP contribution in [-0.4, -0.2) is 60.0 Å². The smallest absolute Gasteiger partial charge is 0.427 e. The standard InChI is InChI=1S/C8H18N2.C4H11BO2.CH4O/c1-8(9)4-7-10-5-2-3-6-10;1-2-3-4-5(6)7;1-2/h8H,2-7,9H2,1H3;6-7H,2-4H2,1H3;2H,1H3/t8-;;/m0../s1. The van der Waals surface area contributed by atoms with Crippen LogP contribution in [0, 0.1) is 0 Å². The molecule has 1 aliphatic rings. The zero-order valence-corrected chi connectivity index (χ0v) is 12.9. The van der Waals surface area contributed by atoms with Crippen molar-refractivity contribution in [3.8, 4) is 0 Å². The molecule has 1 fully saturated rings. The van der Waals surface area contributed by atoms with Crippen LogP contribution in [-0.2, 0) is 0 Å². The van der Waals surface area contributed by atoms with E-state index in [4.69, 9.17) is 20.9 Å². The number of rotatable bonds is 6. The van der Waals surface area contributed by atoms with E-state index < -0.39 is 7.12 Å². The van der Waals surface area contributed by atoms with Gasteiger partial charge in [-0.3, -0.25) is 0 Å². The minimum atomic E-state index is -1.10. The van der Waals surface area contributed by atoms with Gasteiger partial charge in [-0.1, -0.05) is 19.8 Å². The van der Waals surface area contributed by atoms with E-state index in [0.717, 1.165) is 26.4 Å². The first kappa shape index (κ1) is 21.2. The fraction of sp³-hybridized carbons (Fsp3) is 1.00. The molecule has 19 heavy (non-hydrogen) atoms. The SMILES string of the molecule is CCCCB(O)O.CO.C[C@H](N)CCN1CCCC1. The summed E-state index contributed by atoms with van der Waals surface area (Å²) >= 11 is 0. The third-order valence-corrected chi connectivity index (χ3v) is 2.92. The lowest BCUT2D eigenvalue weighted by Crippen LogP contribution is -2.26. The van der Waals surface area contributed by atoms with Crippen molar-refractivity contribution in [1.82, 2.24) is 4.90 Å². The Morgan fingerprint density at radius 2 is 1.74 bits per heavy atom. The van der Waals surface area contributed by atoms with Crippen LogP contribution in [0.4, 0.5) is 0 Å². The molecule has 5 N–H and O–H groups in total. The second-order valence-electron chi connectivity index (χ2n) is 4.94. The van der Waals surface area contributed by atoms with E-state index >= 15 is 0 Å². The molecule has 1 atom stereocenters. The van der Waals surface area contributed by atoms with Crippen molar-refractivity contribution < 1.29 is 15.2 Å². The quantitative estimate of drug-likeness (QED) is 0.536. The second-order valence-corrected chi connectivity index (χ2v) is 4.94. The number of hydrogen-bond acceptors (Lipinski definition) is 5. The van der Waals surface area contributed by atoms with Gasteiger partial charge in [0, 0.05) is 13.2 Å². The highest BCUT2D eigenvalue weighted by Crippen LogP contribution is 2.07. The number of aliphatic hydroxyl groups excluding tert-OH is 1. The first-order chi connectivity index (χ1) is 9.06. The zero-order chi connectivity index (χ0) is 15.1. The zero-order valence-electron chi connectivity index (χ0n) is 12.9. The van der Waals surface area contributed by atoms with Crippen molar-refractivity contribution in [1.29, 1.82) is 0 Å². The van der Waals surface area contributed by atoms with Crippen LogP contribution in [0.25, 0.3) is 0 Å². The molecular weight excluding hydrogens is 243 g/mol. The van der Waals surface area contributed by atoms with Crippen LogP contribution in [0.2, 0.25) is 6.32 Å². The third kappa shape index (κ3) is 17.9. The molecule has 116 valence electrons. The molecule has 0 aliphatic carbocycles. The average molecular weight is 276 g/mol. The molecule has 1 aliphatic heterocycles. The number of likely N-dealkylation sites (tertiary alicyclic amines) is 1. The largest absolute Gasteiger partial charge is 0.451 e. The predicted molar refractivity (Wildman–Crippen MR) is 82.0 cm³/mol. The monoisotopic (exact) mass is 276 g/mol. The molecule has 1 heterocycles. The normalized spacial score (nSPS) is 15.9. The third-order valence-electron chi connectivity index (χ3n) is 2.92. The topological polar surface area (TPSA) is 89.9 Å². The Bertz CT molecular complexity index is 166. The van der Waals surface area contributed by atoms with Crippen LogP contribution >= 0.6 is 0 Å². The second kappa shape index (κ2) is 15.9. The van der Waals surface area contributed by atoms with Crippen molar-refractivity contribution in [2.75, 3.05) is 26.7 Å². The van der Waals surface area contributed by atoms with E-state index in [1.54, 1.807) is 0 Å². The highest BCUT2D eigenvalue weighted by molar-refractivity contribution is 6.40. The summed E-state index contributed by atoms with van der Waals surface area (Å²) in [6.07, 6.45) is 6.36. The Labute approximate surface area is 118 Å². The lowest BCUT2D eigenvalue weighted by Gasteiger charge is -2.15. The molecular formula is C13H33BN2O3. The van der Waals surface area contributed by atoms with Gasteiger partial charge in [0.15, 0.2) is 0 Å². The minimum absolute atomic E-state index is 0.376. The van der Waals surface area contributed by atoms with Gasteiger partial charge in [-0.05, 0) is 52.1 Å². The Morgan fingerprint density at radius 3 is 2.05 bits per heavy atom. The molecule has 0 amide bonds. The molecule has 0 saturated carbocycles. The van der Waals surface area contributed by atoms with Gasteiger partial charge < -0.3 is 25.8 Å². The lowest BCUT2D eigenvalue weighted by atomic mass is 9.84. The van der Waals surface area contributed by atoms with Crippen LogP contribution in [0.1, 0.15) is 46.0 Å². The molecule has 0 aromatic rings. The molecule has 0 bridgehead atoms. The Balaban J connectivity index is 0. The fourth-order valence-electron chi connectivity index (χ4n) is 1.78. The summed E-state index contributed by atoms with van der Waals surface area (Å²) in [6, 6.07) is 0.376. The van der Waals surface area contributed by atoms with E-state index in [1.807, 2.05) is 6.92 Å². The number of nitrogens with zero attached hydrogens (tertiary/aromatic N) is 1. The first-order valence-corrected chi connectivity index (χ1v) is 7.35. The fourth-order valence-corrected chi connectivity index (χ4v) is 1.78. The van der Waals surface area contributed by atoms with Crippen LogP contribution < -0.4 is 5.73 Å². The van der Waals surface area contributed by atoms with Gasteiger partial charge in [0.25, 0.3) is 0 Å². The number of aliphatic hydroxyl groups is 1. The first-order valence-electron chi connectivity index (χ1n) is 7.35. The van der Waals surface area contributed by atoms with Crippen molar-refractivity contribution in [2.45, 2.75) is 58.3 Å². The molecule has 0 radical (unpaired) electrons. The van der Waals surface area contributed by atoms with E-state index in [2.05, 4.69) is 11.8 Å². The van der Waals surface area contributed by atoms with Crippen molar-refractivity contribution in [3.05, 3.63) is 0 Å². The summed E-state index contributed by atoms with van der Waals surface area (Å²) in [5, 5.41) is 23.5. The number of unbranched alkanes of at least 4 members (excludes halogenated alkanes) is 1. The molecule has 6 heteroatoms. The van der Waals surface area contributed by atoms with Gasteiger partial charge in [-0.2, -0.15) is 0 Å². The summed E-state index contributed by atoms with van der Waals surface area (Å²) < 4.78 is 0. The van der Waals surface area contributed by atoms with Crippen molar-refractivity contribution in [3.63, 3.8) is 0 Å². The van der Waals surface area contributed by atoms with Crippen molar-refractivity contribution >= 4 is 7.12 Å².